The molecule has 0 bridgehead atoms. The van der Waals surface area contributed by atoms with Crippen LogP contribution in [-0.2, 0) is 4.79 Å². The fraction of sp³-hybridized carbons (Fsp3) is 0.524. The number of piperazine rings is 1. The Bertz CT molecular complexity index is 816. The van der Waals surface area contributed by atoms with E-state index in [0.717, 1.165) is 42.3 Å². The number of thiophene rings is 1. The molecule has 7 heteroatoms. The van der Waals surface area contributed by atoms with Gasteiger partial charge in [0.25, 0.3) is 5.91 Å². The van der Waals surface area contributed by atoms with Gasteiger partial charge in [0.15, 0.2) is 0 Å². The molecule has 0 spiro atoms. The van der Waals surface area contributed by atoms with Crippen LogP contribution in [0, 0.1) is 13.8 Å². The number of likely N-dealkylation sites (N-methyl/N-ethyl adjacent to an activating group) is 1. The topological polar surface area (TPSA) is 48.8 Å². The maximum Gasteiger partial charge on any atom is 0.257 e. The molecule has 1 fully saturated rings. The van der Waals surface area contributed by atoms with Crippen LogP contribution in [0.15, 0.2) is 24.5 Å². The van der Waals surface area contributed by atoms with Crippen LogP contribution in [0.25, 0.3) is 5.00 Å². The third-order valence-electron chi connectivity index (χ3n) is 5.55. The Hall–Kier alpha value is -2.12. The van der Waals surface area contributed by atoms with Crippen molar-refractivity contribution in [2.45, 2.75) is 27.7 Å². The largest absolute Gasteiger partial charge is 0.342 e. The highest BCUT2D eigenvalue weighted by atomic mass is 32.1. The monoisotopic (exact) mass is 402 g/mol. The SMILES string of the molecule is CCN(CC)C(=O)CN1CCN(C(=O)c2c(-n3cccc3)sc(C)c2C)CC1. The van der Waals surface area contributed by atoms with Crippen molar-refractivity contribution < 1.29 is 9.59 Å². The number of aromatic nitrogens is 1. The number of rotatable bonds is 6. The Balaban J connectivity index is 1.67. The molecule has 0 aromatic carbocycles. The average molecular weight is 403 g/mol. The summed E-state index contributed by atoms with van der Waals surface area (Å²) >= 11 is 1.66. The van der Waals surface area contributed by atoms with Gasteiger partial charge in [0.05, 0.1) is 12.1 Å². The van der Waals surface area contributed by atoms with Crippen molar-refractivity contribution in [1.82, 2.24) is 19.3 Å². The molecular weight excluding hydrogens is 372 g/mol. The molecule has 3 heterocycles. The van der Waals surface area contributed by atoms with Gasteiger partial charge in [0.2, 0.25) is 5.91 Å². The molecule has 0 N–H and O–H groups in total. The van der Waals surface area contributed by atoms with Gasteiger partial charge in [-0.3, -0.25) is 14.5 Å². The fourth-order valence-electron chi connectivity index (χ4n) is 3.65. The van der Waals surface area contributed by atoms with E-state index in [9.17, 15) is 9.59 Å². The van der Waals surface area contributed by atoms with Gasteiger partial charge >= 0.3 is 0 Å². The van der Waals surface area contributed by atoms with Crippen LogP contribution in [0.2, 0.25) is 0 Å². The minimum absolute atomic E-state index is 0.0975. The summed E-state index contributed by atoms with van der Waals surface area (Å²) in [6.45, 7) is 12.8. The Kier molecular flexibility index (Phi) is 6.57. The van der Waals surface area contributed by atoms with E-state index in [2.05, 4.69) is 11.8 Å². The first-order valence-electron chi connectivity index (χ1n) is 9.99. The molecular formula is C21H30N4O2S. The Morgan fingerprint density at radius 3 is 2.21 bits per heavy atom. The lowest BCUT2D eigenvalue weighted by Gasteiger charge is -2.35. The lowest BCUT2D eigenvalue weighted by Crippen LogP contribution is -2.51. The summed E-state index contributed by atoms with van der Waals surface area (Å²) in [6.07, 6.45) is 3.97. The fourth-order valence-corrected chi connectivity index (χ4v) is 4.76. The van der Waals surface area contributed by atoms with Crippen molar-refractivity contribution in [1.29, 1.82) is 0 Å². The maximum absolute atomic E-state index is 13.3. The third-order valence-corrected chi connectivity index (χ3v) is 6.77. The molecule has 2 aromatic rings. The van der Waals surface area contributed by atoms with E-state index in [0.29, 0.717) is 19.6 Å². The molecule has 0 aliphatic carbocycles. The van der Waals surface area contributed by atoms with Crippen LogP contribution < -0.4 is 0 Å². The molecule has 0 saturated carbocycles. The summed E-state index contributed by atoms with van der Waals surface area (Å²) in [5.41, 5.74) is 1.88. The normalized spacial score (nSPS) is 15.1. The second-order valence-electron chi connectivity index (χ2n) is 7.19. The maximum atomic E-state index is 13.3. The summed E-state index contributed by atoms with van der Waals surface area (Å²) in [4.78, 5) is 32.8. The number of carbonyl (C=O) groups excluding carboxylic acids is 2. The number of hydrogen-bond acceptors (Lipinski definition) is 4. The van der Waals surface area contributed by atoms with Crippen LogP contribution in [0.4, 0.5) is 0 Å². The Labute approximate surface area is 171 Å². The zero-order valence-electron chi connectivity index (χ0n) is 17.3. The van der Waals surface area contributed by atoms with Crippen molar-refractivity contribution >= 4 is 23.2 Å². The molecule has 28 heavy (non-hydrogen) atoms. The minimum Gasteiger partial charge on any atom is -0.342 e. The lowest BCUT2D eigenvalue weighted by molar-refractivity contribution is -0.132. The van der Waals surface area contributed by atoms with Crippen molar-refractivity contribution in [2.75, 3.05) is 45.8 Å². The van der Waals surface area contributed by atoms with Gasteiger partial charge in [-0.15, -0.1) is 11.3 Å². The van der Waals surface area contributed by atoms with Gasteiger partial charge < -0.3 is 14.4 Å². The van der Waals surface area contributed by atoms with Crippen LogP contribution in [0.3, 0.4) is 0 Å². The van der Waals surface area contributed by atoms with E-state index in [1.807, 2.05) is 59.7 Å². The van der Waals surface area contributed by atoms with E-state index in [-0.39, 0.29) is 11.8 Å². The second kappa shape index (κ2) is 8.92. The lowest BCUT2D eigenvalue weighted by atomic mass is 10.1. The Morgan fingerprint density at radius 1 is 1.04 bits per heavy atom. The molecule has 0 radical (unpaired) electrons. The number of hydrogen-bond donors (Lipinski definition) is 0. The zero-order valence-corrected chi connectivity index (χ0v) is 18.1. The van der Waals surface area contributed by atoms with Crippen molar-refractivity contribution in [3.8, 4) is 5.00 Å². The molecule has 0 atom stereocenters. The molecule has 2 amide bonds. The molecule has 1 saturated heterocycles. The molecule has 2 aromatic heterocycles. The molecule has 1 aliphatic heterocycles. The van der Waals surface area contributed by atoms with Crippen LogP contribution in [0.5, 0.6) is 0 Å². The van der Waals surface area contributed by atoms with Gasteiger partial charge in [0.1, 0.15) is 5.00 Å². The van der Waals surface area contributed by atoms with Crippen molar-refractivity contribution in [3.05, 3.63) is 40.5 Å². The summed E-state index contributed by atoms with van der Waals surface area (Å²) < 4.78 is 2.02. The highest BCUT2D eigenvalue weighted by Gasteiger charge is 2.28. The van der Waals surface area contributed by atoms with Gasteiger partial charge in [-0.25, -0.2) is 0 Å². The first-order valence-corrected chi connectivity index (χ1v) is 10.8. The van der Waals surface area contributed by atoms with Gasteiger partial charge in [-0.2, -0.15) is 0 Å². The average Bonchev–Trinajstić information content (AvgIpc) is 3.32. The molecule has 6 nitrogen and oxygen atoms in total. The molecule has 0 unspecified atom stereocenters. The predicted molar refractivity (Wildman–Crippen MR) is 113 cm³/mol. The third kappa shape index (κ3) is 4.15. The highest BCUT2D eigenvalue weighted by Crippen LogP contribution is 2.32. The minimum atomic E-state index is 0.0975. The highest BCUT2D eigenvalue weighted by molar-refractivity contribution is 7.15. The number of carbonyl (C=O) groups is 2. The number of nitrogens with zero attached hydrogens (tertiary/aromatic N) is 4. The van der Waals surface area contributed by atoms with Crippen LogP contribution in [-0.4, -0.2) is 76.9 Å². The first kappa shape index (κ1) is 20.6. The van der Waals surface area contributed by atoms with E-state index < -0.39 is 0 Å². The first-order chi connectivity index (χ1) is 13.5. The number of aryl methyl sites for hydroxylation is 1. The second-order valence-corrected chi connectivity index (χ2v) is 8.39. The summed E-state index contributed by atoms with van der Waals surface area (Å²) in [7, 11) is 0. The zero-order chi connectivity index (χ0) is 20.3. The quantitative estimate of drug-likeness (QED) is 0.747. The molecule has 152 valence electrons. The van der Waals surface area contributed by atoms with Crippen molar-refractivity contribution in [3.63, 3.8) is 0 Å². The van der Waals surface area contributed by atoms with Crippen LogP contribution >= 0.6 is 11.3 Å². The van der Waals surface area contributed by atoms with Crippen molar-refractivity contribution in [2.24, 2.45) is 0 Å². The van der Waals surface area contributed by atoms with E-state index in [1.54, 1.807) is 11.3 Å². The Morgan fingerprint density at radius 2 is 1.64 bits per heavy atom. The summed E-state index contributed by atoms with van der Waals surface area (Å²) in [5.74, 6) is 0.268. The summed E-state index contributed by atoms with van der Waals surface area (Å²) in [6, 6.07) is 3.95. The van der Waals surface area contributed by atoms with Gasteiger partial charge in [0, 0.05) is 56.5 Å². The van der Waals surface area contributed by atoms with E-state index in [1.165, 1.54) is 4.88 Å². The predicted octanol–water partition coefficient (Wildman–Crippen LogP) is 2.78. The van der Waals surface area contributed by atoms with E-state index >= 15 is 0 Å². The summed E-state index contributed by atoms with van der Waals surface area (Å²) in [5, 5.41) is 0.990. The standard InChI is InChI=1S/C21H30N4O2S/c1-5-23(6-2)18(26)15-22-11-13-24(14-12-22)20(27)19-16(3)17(4)28-21(19)25-9-7-8-10-25/h7-10H,5-6,11-15H2,1-4H3. The molecule has 1 aliphatic rings. The smallest absolute Gasteiger partial charge is 0.257 e. The van der Waals surface area contributed by atoms with E-state index in [4.69, 9.17) is 0 Å². The van der Waals surface area contributed by atoms with Crippen LogP contribution in [0.1, 0.15) is 34.6 Å². The van der Waals surface area contributed by atoms with Gasteiger partial charge in [-0.1, -0.05) is 0 Å². The number of amides is 2. The molecule has 3 rings (SSSR count). The van der Waals surface area contributed by atoms with Gasteiger partial charge in [-0.05, 0) is 45.4 Å².